The molecule has 1 heterocycles. The summed E-state index contributed by atoms with van der Waals surface area (Å²) in [6, 6.07) is 23.0. The molecule has 0 aliphatic carbocycles. The summed E-state index contributed by atoms with van der Waals surface area (Å²) in [5.41, 5.74) is 5.33. The van der Waals surface area contributed by atoms with E-state index in [0.717, 1.165) is 23.1 Å². The molecule has 0 spiro atoms. The predicted octanol–water partition coefficient (Wildman–Crippen LogP) is 5.94. The maximum atomic E-state index is 13.8. The van der Waals surface area contributed by atoms with Gasteiger partial charge in [-0.15, -0.1) is 0 Å². The number of hydrogen-bond acceptors (Lipinski definition) is 5. The van der Waals surface area contributed by atoms with E-state index in [-0.39, 0.29) is 11.5 Å². The van der Waals surface area contributed by atoms with Crippen molar-refractivity contribution >= 4 is 35.0 Å². The van der Waals surface area contributed by atoms with Crippen molar-refractivity contribution < 1.29 is 14.3 Å². The Labute approximate surface area is 221 Å². The monoisotopic (exact) mass is 511 g/mol. The fourth-order valence-electron chi connectivity index (χ4n) is 4.14. The number of carbonyl (C=O) groups is 2. The highest BCUT2D eigenvalue weighted by Crippen LogP contribution is 2.42. The van der Waals surface area contributed by atoms with E-state index in [4.69, 9.17) is 4.74 Å². The van der Waals surface area contributed by atoms with E-state index in [0.29, 0.717) is 28.6 Å². The van der Waals surface area contributed by atoms with Crippen LogP contribution in [0.1, 0.15) is 29.2 Å². The summed E-state index contributed by atoms with van der Waals surface area (Å²) in [5.74, 6) is -0.266. The van der Waals surface area contributed by atoms with Gasteiger partial charge in [0.2, 0.25) is 5.91 Å². The first kappa shape index (κ1) is 26.1. The van der Waals surface area contributed by atoms with E-state index in [9.17, 15) is 14.9 Å². The Morgan fingerprint density at radius 1 is 1.05 bits per heavy atom. The van der Waals surface area contributed by atoms with Gasteiger partial charge in [0.25, 0.3) is 5.91 Å². The molecule has 1 aliphatic heterocycles. The smallest absolute Gasteiger partial charge is 0.269 e. The number of nitrogens with one attached hydrogen (secondary N) is 1. The molecular weight excluding hydrogens is 482 g/mol. The highest BCUT2D eigenvalue weighted by atomic mass is 32.2. The van der Waals surface area contributed by atoms with Gasteiger partial charge in [-0.3, -0.25) is 14.5 Å². The van der Waals surface area contributed by atoms with Crippen LogP contribution in [0.5, 0.6) is 5.75 Å². The molecule has 4 rings (SSSR count). The van der Waals surface area contributed by atoms with Crippen LogP contribution >= 0.6 is 11.8 Å². The standard InChI is InChI=1S/C30H29N3O3S/c1-5-21-11-13-22(14-12-21)17-27-29(35)33(23-15-10-19(2)20(3)16-23)30(37-27)24(18-31)28(34)32-25-8-6-7-9-26(25)36-4/h6-16,27H,5,17H2,1-4H3,(H,32,34)/b30-24-. The molecule has 0 saturated carbocycles. The molecule has 6 nitrogen and oxygen atoms in total. The molecule has 1 unspecified atom stereocenters. The lowest BCUT2D eigenvalue weighted by Crippen LogP contribution is -2.31. The van der Waals surface area contributed by atoms with Gasteiger partial charge in [-0.2, -0.15) is 5.26 Å². The van der Waals surface area contributed by atoms with Gasteiger partial charge in [0.05, 0.1) is 18.0 Å². The number of nitriles is 1. The minimum atomic E-state index is -0.593. The number of nitrogens with zero attached hydrogens (tertiary/aromatic N) is 2. The Morgan fingerprint density at radius 2 is 1.76 bits per heavy atom. The molecule has 3 aromatic carbocycles. The molecule has 1 aliphatic rings. The number of anilines is 2. The van der Waals surface area contributed by atoms with Gasteiger partial charge >= 0.3 is 0 Å². The van der Waals surface area contributed by atoms with Crippen LogP contribution in [0.25, 0.3) is 0 Å². The summed E-state index contributed by atoms with van der Waals surface area (Å²) in [6.07, 6.45) is 1.43. The number of benzene rings is 3. The van der Waals surface area contributed by atoms with Crippen molar-refractivity contribution in [1.29, 1.82) is 5.26 Å². The van der Waals surface area contributed by atoms with Crippen LogP contribution < -0.4 is 15.0 Å². The molecular formula is C30H29N3O3S. The van der Waals surface area contributed by atoms with E-state index in [1.807, 2.05) is 44.2 Å². The van der Waals surface area contributed by atoms with Crippen molar-refractivity contribution in [3.63, 3.8) is 0 Å². The molecule has 0 bridgehead atoms. The zero-order valence-electron chi connectivity index (χ0n) is 21.4. The van der Waals surface area contributed by atoms with Crippen LogP contribution in [0.2, 0.25) is 0 Å². The van der Waals surface area contributed by atoms with Gasteiger partial charge in [0.15, 0.2) is 0 Å². The average molecular weight is 512 g/mol. The van der Waals surface area contributed by atoms with E-state index in [2.05, 4.69) is 30.4 Å². The fraction of sp³-hybridized carbons (Fsp3) is 0.233. The van der Waals surface area contributed by atoms with Gasteiger partial charge < -0.3 is 10.1 Å². The number of carbonyl (C=O) groups excluding carboxylic acids is 2. The number of rotatable bonds is 7. The quantitative estimate of drug-likeness (QED) is 0.314. The SMILES string of the molecule is CCc1ccc(CC2S/C(=C(/C#N)C(=O)Nc3ccccc3OC)N(c3ccc(C)c(C)c3)C2=O)cc1. The second-order valence-electron chi connectivity index (χ2n) is 8.87. The normalized spacial score (nSPS) is 16.4. The Bertz CT molecular complexity index is 1410. The molecule has 188 valence electrons. The van der Waals surface area contributed by atoms with E-state index < -0.39 is 11.2 Å². The number of amides is 2. The third-order valence-corrected chi connectivity index (χ3v) is 7.72. The molecule has 0 aromatic heterocycles. The predicted molar refractivity (Wildman–Crippen MR) is 149 cm³/mol. The Hall–Kier alpha value is -4.02. The number of para-hydroxylation sites is 2. The lowest BCUT2D eigenvalue weighted by atomic mass is 10.0. The lowest BCUT2D eigenvalue weighted by Gasteiger charge is -2.20. The maximum absolute atomic E-state index is 13.8. The second kappa shape index (κ2) is 11.4. The summed E-state index contributed by atoms with van der Waals surface area (Å²) in [6.45, 7) is 6.08. The van der Waals surface area contributed by atoms with Crippen LogP contribution in [0, 0.1) is 25.2 Å². The number of thioether (sulfide) groups is 1. The summed E-state index contributed by atoms with van der Waals surface area (Å²) in [5, 5.41) is 12.7. The molecule has 37 heavy (non-hydrogen) atoms. The molecule has 2 amide bonds. The summed E-state index contributed by atoms with van der Waals surface area (Å²) < 4.78 is 5.33. The highest BCUT2D eigenvalue weighted by molar-refractivity contribution is 8.05. The number of aryl methyl sites for hydroxylation is 3. The van der Waals surface area contributed by atoms with E-state index in [1.54, 1.807) is 24.3 Å². The van der Waals surface area contributed by atoms with Crippen molar-refractivity contribution in [3.8, 4) is 11.8 Å². The number of ether oxygens (including phenoxy) is 1. The molecule has 7 heteroatoms. The summed E-state index contributed by atoms with van der Waals surface area (Å²) in [7, 11) is 1.51. The van der Waals surface area contributed by atoms with Gasteiger partial charge in [0, 0.05) is 5.69 Å². The number of hydrogen-bond donors (Lipinski definition) is 1. The molecule has 0 radical (unpaired) electrons. The lowest BCUT2D eigenvalue weighted by molar-refractivity contribution is -0.117. The van der Waals surface area contributed by atoms with Gasteiger partial charge in [-0.25, -0.2) is 0 Å². The van der Waals surface area contributed by atoms with Crippen LogP contribution in [0.3, 0.4) is 0 Å². The van der Waals surface area contributed by atoms with Crippen LogP contribution in [0.4, 0.5) is 11.4 Å². The zero-order chi connectivity index (χ0) is 26.5. The minimum Gasteiger partial charge on any atom is -0.495 e. The Balaban J connectivity index is 1.74. The molecule has 1 saturated heterocycles. The first-order chi connectivity index (χ1) is 17.9. The molecule has 1 N–H and O–H groups in total. The van der Waals surface area contributed by atoms with Gasteiger partial charge in [-0.05, 0) is 73.2 Å². The molecule has 1 fully saturated rings. The van der Waals surface area contributed by atoms with Crippen molar-refractivity contribution in [2.45, 2.75) is 38.9 Å². The average Bonchev–Trinajstić information content (AvgIpc) is 3.22. The summed E-state index contributed by atoms with van der Waals surface area (Å²) >= 11 is 1.26. The van der Waals surface area contributed by atoms with E-state index in [1.165, 1.54) is 29.3 Å². The van der Waals surface area contributed by atoms with Crippen molar-refractivity contribution in [3.05, 3.63) is 99.6 Å². The zero-order valence-corrected chi connectivity index (χ0v) is 22.2. The third kappa shape index (κ3) is 5.55. The second-order valence-corrected chi connectivity index (χ2v) is 10.1. The minimum absolute atomic E-state index is 0.119. The van der Waals surface area contributed by atoms with Crippen LogP contribution in [0.15, 0.2) is 77.3 Å². The maximum Gasteiger partial charge on any atom is 0.269 e. The van der Waals surface area contributed by atoms with Crippen molar-refractivity contribution in [1.82, 2.24) is 0 Å². The van der Waals surface area contributed by atoms with E-state index >= 15 is 0 Å². The molecule has 3 aromatic rings. The molecule has 1 atom stereocenters. The van der Waals surface area contributed by atoms with Gasteiger partial charge in [0.1, 0.15) is 22.4 Å². The van der Waals surface area contributed by atoms with Crippen LogP contribution in [-0.2, 0) is 22.4 Å². The third-order valence-electron chi connectivity index (χ3n) is 6.46. The summed E-state index contributed by atoms with van der Waals surface area (Å²) in [4.78, 5) is 28.6. The first-order valence-electron chi connectivity index (χ1n) is 12.1. The highest BCUT2D eigenvalue weighted by Gasteiger charge is 2.41. The first-order valence-corrected chi connectivity index (χ1v) is 13.0. The Morgan fingerprint density at radius 3 is 2.41 bits per heavy atom. The fourth-order valence-corrected chi connectivity index (χ4v) is 5.45. The van der Waals surface area contributed by atoms with Crippen LogP contribution in [-0.4, -0.2) is 24.2 Å². The van der Waals surface area contributed by atoms with Crippen molar-refractivity contribution in [2.75, 3.05) is 17.3 Å². The topological polar surface area (TPSA) is 82.4 Å². The van der Waals surface area contributed by atoms with Crippen molar-refractivity contribution in [2.24, 2.45) is 0 Å². The largest absolute Gasteiger partial charge is 0.495 e. The Kier molecular flexibility index (Phi) is 8.00. The number of methoxy groups -OCH3 is 1. The van der Waals surface area contributed by atoms with Gasteiger partial charge in [-0.1, -0.05) is 61.2 Å².